The van der Waals surface area contributed by atoms with Crippen molar-refractivity contribution in [3.63, 3.8) is 0 Å². The van der Waals surface area contributed by atoms with E-state index in [1.165, 1.54) is 68.5 Å². The minimum Gasteiger partial charge on any atom is -0.359 e. The van der Waals surface area contributed by atoms with Gasteiger partial charge in [-0.15, -0.1) is 23.1 Å². The fraction of sp³-hybridized carbons (Fsp3) is 0.765. The van der Waals surface area contributed by atoms with Gasteiger partial charge in [-0.3, -0.25) is 5.32 Å². The molecule has 4 heteroatoms. The number of rotatable bonds is 2. The summed E-state index contributed by atoms with van der Waals surface area (Å²) >= 11 is 4.17. The summed E-state index contributed by atoms with van der Waals surface area (Å²) < 4.78 is 0. The standard InChI is InChI=1S/C17H26N2S2/c1-2-20-15-14-12-8-4-5-9-13(12)21-16(14)19-17(18-15)10-6-3-7-11-17/h15,18-19H,2-11H2,1H3. The molecule has 1 aliphatic heterocycles. The lowest BCUT2D eigenvalue weighted by atomic mass is 9.86. The number of aryl methyl sites for hydroxylation is 1. The van der Waals surface area contributed by atoms with Crippen molar-refractivity contribution in [2.75, 3.05) is 11.1 Å². The Morgan fingerprint density at radius 1 is 1.14 bits per heavy atom. The minimum atomic E-state index is 0.186. The molecule has 2 heterocycles. The summed E-state index contributed by atoms with van der Waals surface area (Å²) in [5, 5.41) is 10.00. The van der Waals surface area contributed by atoms with E-state index in [0.717, 1.165) is 0 Å². The highest BCUT2D eigenvalue weighted by atomic mass is 32.2. The molecule has 2 aliphatic carbocycles. The fourth-order valence-electron chi connectivity index (χ4n) is 4.25. The highest BCUT2D eigenvalue weighted by Gasteiger charge is 2.41. The predicted molar refractivity (Wildman–Crippen MR) is 94.4 cm³/mol. The molecule has 0 bridgehead atoms. The average Bonchev–Trinajstić information content (AvgIpc) is 2.86. The molecule has 0 amide bonds. The summed E-state index contributed by atoms with van der Waals surface area (Å²) in [6.45, 7) is 2.29. The Hall–Kier alpha value is -0.190. The molecular weight excluding hydrogens is 296 g/mol. The van der Waals surface area contributed by atoms with Crippen LogP contribution in [0.15, 0.2) is 0 Å². The average molecular weight is 323 g/mol. The van der Waals surface area contributed by atoms with E-state index in [0.29, 0.717) is 5.37 Å². The van der Waals surface area contributed by atoms with Crippen LogP contribution in [0.5, 0.6) is 0 Å². The van der Waals surface area contributed by atoms with Crippen LogP contribution in [0.3, 0.4) is 0 Å². The van der Waals surface area contributed by atoms with Gasteiger partial charge in [0.25, 0.3) is 0 Å². The third-order valence-electron chi connectivity index (χ3n) is 5.28. The third-order valence-corrected chi connectivity index (χ3v) is 7.52. The van der Waals surface area contributed by atoms with Crippen LogP contribution in [0, 0.1) is 0 Å². The van der Waals surface area contributed by atoms with Crippen molar-refractivity contribution in [1.29, 1.82) is 0 Å². The first-order valence-corrected chi connectivity index (χ1v) is 10.5. The molecule has 1 aromatic rings. The molecule has 1 aromatic heterocycles. The summed E-state index contributed by atoms with van der Waals surface area (Å²) in [5.74, 6) is 1.19. The molecule has 116 valence electrons. The maximum Gasteiger partial charge on any atom is 0.0959 e. The van der Waals surface area contributed by atoms with Gasteiger partial charge in [-0.05, 0) is 62.7 Å². The van der Waals surface area contributed by atoms with Crippen molar-refractivity contribution in [3.05, 3.63) is 16.0 Å². The highest BCUT2D eigenvalue weighted by molar-refractivity contribution is 7.99. The lowest BCUT2D eigenvalue weighted by molar-refractivity contribution is 0.253. The van der Waals surface area contributed by atoms with Gasteiger partial charge in [-0.2, -0.15) is 0 Å². The molecule has 4 rings (SSSR count). The zero-order valence-electron chi connectivity index (χ0n) is 13.0. The quantitative estimate of drug-likeness (QED) is 0.796. The summed E-state index contributed by atoms with van der Waals surface area (Å²) in [6, 6.07) is 0. The van der Waals surface area contributed by atoms with E-state index in [4.69, 9.17) is 0 Å². The Morgan fingerprint density at radius 3 is 2.76 bits per heavy atom. The van der Waals surface area contributed by atoms with E-state index in [1.807, 2.05) is 0 Å². The van der Waals surface area contributed by atoms with Gasteiger partial charge in [-0.1, -0.05) is 13.3 Å². The molecule has 1 unspecified atom stereocenters. The maximum atomic E-state index is 4.02. The van der Waals surface area contributed by atoms with Gasteiger partial charge in [0, 0.05) is 10.4 Å². The Morgan fingerprint density at radius 2 is 1.95 bits per heavy atom. The van der Waals surface area contributed by atoms with Crippen LogP contribution in [0.25, 0.3) is 0 Å². The van der Waals surface area contributed by atoms with Crippen molar-refractivity contribution in [2.45, 2.75) is 75.7 Å². The molecule has 0 radical (unpaired) electrons. The number of anilines is 1. The molecule has 1 atom stereocenters. The lowest BCUT2D eigenvalue weighted by Crippen LogP contribution is -2.56. The molecule has 21 heavy (non-hydrogen) atoms. The predicted octanol–water partition coefficient (Wildman–Crippen LogP) is 5.05. The summed E-state index contributed by atoms with van der Waals surface area (Å²) in [5.41, 5.74) is 3.50. The fourth-order valence-corrected chi connectivity index (χ4v) is 6.82. The molecule has 2 nitrogen and oxygen atoms in total. The second kappa shape index (κ2) is 5.78. The van der Waals surface area contributed by atoms with Crippen LogP contribution in [0.2, 0.25) is 0 Å². The number of thioether (sulfide) groups is 1. The minimum absolute atomic E-state index is 0.186. The van der Waals surface area contributed by atoms with Crippen LogP contribution in [-0.4, -0.2) is 11.4 Å². The van der Waals surface area contributed by atoms with E-state index >= 15 is 0 Å². The van der Waals surface area contributed by atoms with Crippen LogP contribution >= 0.6 is 23.1 Å². The monoisotopic (exact) mass is 322 g/mol. The zero-order chi connectivity index (χ0) is 14.3. The Bertz CT molecular complexity index is 517. The summed E-state index contributed by atoms with van der Waals surface area (Å²) in [6.07, 6.45) is 12.1. The molecule has 0 aromatic carbocycles. The van der Waals surface area contributed by atoms with Gasteiger partial charge in [0.15, 0.2) is 0 Å². The second-order valence-electron chi connectivity index (χ2n) is 6.70. The SMILES string of the molecule is CCSC1NC2(CCCCC2)Nc2sc3c(c21)CCCC3. The number of hydrogen-bond acceptors (Lipinski definition) is 4. The largest absolute Gasteiger partial charge is 0.359 e. The molecule has 0 saturated heterocycles. The molecular formula is C17H26N2S2. The van der Waals surface area contributed by atoms with Crippen molar-refractivity contribution in [1.82, 2.24) is 5.32 Å². The van der Waals surface area contributed by atoms with Crippen LogP contribution in [0.1, 0.15) is 73.2 Å². The van der Waals surface area contributed by atoms with Crippen molar-refractivity contribution in [3.8, 4) is 0 Å². The summed E-state index contributed by atoms with van der Waals surface area (Å²) in [7, 11) is 0. The topological polar surface area (TPSA) is 24.1 Å². The second-order valence-corrected chi connectivity index (χ2v) is 9.19. The van der Waals surface area contributed by atoms with Gasteiger partial charge >= 0.3 is 0 Å². The van der Waals surface area contributed by atoms with Crippen LogP contribution in [-0.2, 0) is 12.8 Å². The summed E-state index contributed by atoms with van der Waals surface area (Å²) in [4.78, 5) is 1.68. The van der Waals surface area contributed by atoms with E-state index in [2.05, 4.69) is 40.7 Å². The molecule has 1 spiro atoms. The lowest BCUT2D eigenvalue weighted by Gasteiger charge is -2.46. The van der Waals surface area contributed by atoms with E-state index in [1.54, 1.807) is 16.0 Å². The van der Waals surface area contributed by atoms with Crippen LogP contribution < -0.4 is 10.6 Å². The first kappa shape index (κ1) is 14.4. The van der Waals surface area contributed by atoms with Gasteiger partial charge in [0.05, 0.1) is 16.0 Å². The van der Waals surface area contributed by atoms with Crippen LogP contribution in [0.4, 0.5) is 5.00 Å². The number of hydrogen-bond donors (Lipinski definition) is 2. The molecule has 1 fully saturated rings. The van der Waals surface area contributed by atoms with Gasteiger partial charge < -0.3 is 5.32 Å². The number of nitrogens with one attached hydrogen (secondary N) is 2. The van der Waals surface area contributed by atoms with Gasteiger partial charge in [-0.25, -0.2) is 0 Å². The molecule has 2 N–H and O–H groups in total. The first-order chi connectivity index (χ1) is 10.3. The van der Waals surface area contributed by atoms with Crippen molar-refractivity contribution >= 4 is 28.1 Å². The first-order valence-electron chi connectivity index (χ1n) is 8.63. The Balaban J connectivity index is 1.72. The van der Waals surface area contributed by atoms with E-state index < -0.39 is 0 Å². The molecule has 3 aliphatic rings. The third kappa shape index (κ3) is 2.53. The maximum absolute atomic E-state index is 4.02. The van der Waals surface area contributed by atoms with Crippen molar-refractivity contribution in [2.24, 2.45) is 0 Å². The van der Waals surface area contributed by atoms with Gasteiger partial charge in [0.1, 0.15) is 0 Å². The Kier molecular flexibility index (Phi) is 3.97. The smallest absolute Gasteiger partial charge is 0.0959 e. The number of thiophene rings is 1. The van der Waals surface area contributed by atoms with E-state index in [-0.39, 0.29) is 5.66 Å². The molecule has 1 saturated carbocycles. The normalized spacial score (nSPS) is 27.0. The van der Waals surface area contributed by atoms with E-state index in [9.17, 15) is 0 Å². The zero-order valence-corrected chi connectivity index (χ0v) is 14.6. The van der Waals surface area contributed by atoms with Crippen molar-refractivity contribution < 1.29 is 0 Å². The Labute approximate surface area is 136 Å². The number of fused-ring (bicyclic) bond motifs is 3. The highest BCUT2D eigenvalue weighted by Crippen LogP contribution is 2.50. The van der Waals surface area contributed by atoms with Gasteiger partial charge in [0.2, 0.25) is 0 Å².